The van der Waals surface area contributed by atoms with Crippen LogP contribution in [0.4, 0.5) is 0 Å². The molecule has 162 valence electrons. The van der Waals surface area contributed by atoms with Crippen molar-refractivity contribution in [2.24, 2.45) is 0 Å². The van der Waals surface area contributed by atoms with E-state index in [0.717, 1.165) is 32.9 Å². The van der Waals surface area contributed by atoms with Gasteiger partial charge in [0.05, 0.1) is 19.9 Å². The topological polar surface area (TPSA) is 35.5 Å². The van der Waals surface area contributed by atoms with Crippen molar-refractivity contribution in [2.45, 2.75) is 6.92 Å². The van der Waals surface area contributed by atoms with Crippen LogP contribution >= 0.6 is 7.11 Å². The van der Waals surface area contributed by atoms with Gasteiger partial charge < -0.3 is 9.26 Å². The maximum Gasteiger partial charge on any atom is 0.312 e. The monoisotopic (exact) mass is 442 g/mol. The highest BCUT2D eigenvalue weighted by molar-refractivity contribution is 7.82. The number of hydrogen-bond acceptors (Lipinski definition) is 3. The van der Waals surface area contributed by atoms with Crippen molar-refractivity contribution in [1.82, 2.24) is 0 Å². The second-order valence-corrected chi connectivity index (χ2v) is 10.6. The summed E-state index contributed by atoms with van der Waals surface area (Å²) in [5.74, 6) is -0.241. The minimum Gasteiger partial charge on any atom is -0.466 e. The second kappa shape index (κ2) is 9.99. The number of esters is 1. The Hall–Kier alpha value is -3.13. The molecule has 32 heavy (non-hydrogen) atoms. The summed E-state index contributed by atoms with van der Waals surface area (Å²) in [6.07, 6.45) is 4.57. The molecule has 0 saturated heterocycles. The van der Waals surface area contributed by atoms with Crippen molar-refractivity contribution in [3.63, 3.8) is 0 Å². The van der Waals surface area contributed by atoms with E-state index in [1.165, 1.54) is 0 Å². The summed E-state index contributed by atoms with van der Waals surface area (Å²) in [6, 6.07) is 30.7. The maximum absolute atomic E-state index is 12.8. The van der Waals surface area contributed by atoms with Crippen molar-refractivity contribution in [2.75, 3.05) is 19.9 Å². The molecule has 0 aliphatic carbocycles. The molecule has 3 nitrogen and oxygen atoms in total. The quantitative estimate of drug-likeness (QED) is 0.310. The molecule has 1 atom stereocenters. The van der Waals surface area contributed by atoms with Gasteiger partial charge in [-0.1, -0.05) is 91.0 Å². The first kappa shape index (κ1) is 22.1. The van der Waals surface area contributed by atoms with Crippen LogP contribution in [0.2, 0.25) is 0 Å². The summed E-state index contributed by atoms with van der Waals surface area (Å²) in [7, 11) is -0.836. The molecule has 0 fully saturated rings. The van der Waals surface area contributed by atoms with Gasteiger partial charge in [-0.25, -0.2) is 0 Å². The van der Waals surface area contributed by atoms with Gasteiger partial charge in [-0.3, -0.25) is 4.79 Å². The minimum atomic E-state index is -2.55. The summed E-state index contributed by atoms with van der Waals surface area (Å²) >= 11 is 0. The van der Waals surface area contributed by atoms with Crippen molar-refractivity contribution < 1.29 is 14.1 Å². The van der Waals surface area contributed by atoms with E-state index >= 15 is 0 Å². The zero-order valence-electron chi connectivity index (χ0n) is 18.4. The molecule has 0 spiro atoms. The highest BCUT2D eigenvalue weighted by atomic mass is 31.2. The summed E-state index contributed by atoms with van der Waals surface area (Å²) in [6.45, 7) is 2.18. The third kappa shape index (κ3) is 4.41. The molecule has 1 aliphatic heterocycles. The van der Waals surface area contributed by atoms with Gasteiger partial charge in [-0.2, -0.15) is 0 Å². The first-order chi connectivity index (χ1) is 15.7. The van der Waals surface area contributed by atoms with Gasteiger partial charge in [0.2, 0.25) is 0 Å². The highest BCUT2D eigenvalue weighted by Gasteiger charge is 2.34. The average Bonchev–Trinajstić information content (AvgIpc) is 2.85. The number of benzene rings is 3. The first-order valence-corrected chi connectivity index (χ1v) is 12.6. The number of carbonyl (C=O) groups excluding carboxylic acids is 1. The second-order valence-electron chi connectivity index (χ2n) is 7.50. The standard InChI is InChI=1S/C28H27O3P/c1-3-31-28(29)21-32(30-2)26(23-15-9-5-10-16-23)19-25(22-13-7-4-8-14-22)20-27(32)24-17-11-6-12-18-24/h4-20H,3,21H2,1-2H3. The van der Waals surface area contributed by atoms with Crippen molar-refractivity contribution in [1.29, 1.82) is 0 Å². The molecular weight excluding hydrogens is 415 g/mol. The highest BCUT2D eigenvalue weighted by Crippen LogP contribution is 2.64. The lowest BCUT2D eigenvalue weighted by atomic mass is 10.0. The molecule has 0 amide bonds. The van der Waals surface area contributed by atoms with Crippen molar-refractivity contribution >= 4 is 29.3 Å². The van der Waals surface area contributed by atoms with Crippen LogP contribution in [-0.4, -0.2) is 31.1 Å². The van der Waals surface area contributed by atoms with Crippen molar-refractivity contribution in [3.8, 4) is 0 Å². The van der Waals surface area contributed by atoms with E-state index in [1.807, 2.05) is 61.5 Å². The van der Waals surface area contributed by atoms with Gasteiger partial charge >= 0.3 is 5.97 Å². The van der Waals surface area contributed by atoms with Crippen LogP contribution in [-0.2, 0) is 14.1 Å². The Balaban J connectivity index is 2.06. The Labute approximate surface area is 190 Å². The molecule has 0 N–H and O–H groups in total. The van der Waals surface area contributed by atoms with Crippen LogP contribution in [0.25, 0.3) is 10.9 Å². The van der Waals surface area contributed by atoms with E-state index in [1.54, 1.807) is 7.11 Å². The molecule has 1 aliphatic rings. The molecule has 0 bridgehead atoms. The molecule has 0 radical (unpaired) electrons. The van der Waals surface area contributed by atoms with Crippen LogP contribution in [0.3, 0.4) is 0 Å². The van der Waals surface area contributed by atoms with E-state index in [0.29, 0.717) is 6.61 Å². The fourth-order valence-corrected chi connectivity index (χ4v) is 7.50. The minimum absolute atomic E-state index is 0.195. The van der Waals surface area contributed by atoms with Crippen LogP contribution < -0.4 is 0 Å². The SMILES string of the molecule is CCOC(=O)CP1(OC)=C(c2ccccc2)C=C(c2ccccc2)C=C1c1ccccc1. The number of allylic oxidation sites excluding steroid dienone is 3. The molecule has 0 saturated carbocycles. The van der Waals surface area contributed by atoms with Gasteiger partial charge in [0, 0.05) is 17.7 Å². The lowest BCUT2D eigenvalue weighted by molar-refractivity contribution is -0.140. The van der Waals surface area contributed by atoms with Crippen LogP contribution in [0.15, 0.2) is 103 Å². The van der Waals surface area contributed by atoms with E-state index < -0.39 is 7.11 Å². The Morgan fingerprint density at radius 2 is 1.28 bits per heavy atom. The Kier molecular flexibility index (Phi) is 6.90. The van der Waals surface area contributed by atoms with Crippen LogP contribution in [0.5, 0.6) is 0 Å². The van der Waals surface area contributed by atoms with E-state index in [9.17, 15) is 4.79 Å². The predicted molar refractivity (Wildman–Crippen MR) is 135 cm³/mol. The summed E-state index contributed by atoms with van der Waals surface area (Å²) in [4.78, 5) is 12.8. The lowest BCUT2D eigenvalue weighted by Crippen LogP contribution is -2.18. The summed E-state index contributed by atoms with van der Waals surface area (Å²) < 4.78 is 11.8. The Morgan fingerprint density at radius 1 is 0.750 bits per heavy atom. The smallest absolute Gasteiger partial charge is 0.312 e. The number of rotatable bonds is 7. The number of carbonyl (C=O) groups is 1. The fourth-order valence-electron chi connectivity index (χ4n) is 4.09. The summed E-state index contributed by atoms with van der Waals surface area (Å²) in [5, 5.41) is 2.10. The Morgan fingerprint density at radius 3 is 1.81 bits per heavy atom. The van der Waals surface area contributed by atoms with Crippen LogP contribution in [0, 0.1) is 0 Å². The van der Waals surface area contributed by atoms with Gasteiger partial charge in [-0.15, -0.1) is 0 Å². The van der Waals surface area contributed by atoms with E-state index in [4.69, 9.17) is 9.26 Å². The zero-order valence-corrected chi connectivity index (χ0v) is 19.3. The molecule has 4 heteroatoms. The predicted octanol–water partition coefficient (Wildman–Crippen LogP) is 6.49. The third-order valence-electron chi connectivity index (χ3n) is 5.58. The van der Waals surface area contributed by atoms with Gasteiger partial charge in [0.1, 0.15) is 0 Å². The molecule has 1 heterocycles. The molecule has 3 aromatic rings. The van der Waals surface area contributed by atoms with Crippen molar-refractivity contribution in [3.05, 3.63) is 120 Å². The average molecular weight is 442 g/mol. The van der Waals surface area contributed by atoms with Crippen LogP contribution in [0.1, 0.15) is 23.6 Å². The molecular formula is C28H27O3P. The molecule has 4 rings (SSSR count). The maximum atomic E-state index is 12.8. The van der Waals surface area contributed by atoms with E-state index in [2.05, 4.69) is 48.6 Å². The molecule has 3 aromatic carbocycles. The van der Waals surface area contributed by atoms with Gasteiger partial charge in [-0.05, 0) is 41.3 Å². The van der Waals surface area contributed by atoms with Gasteiger partial charge in [0.25, 0.3) is 0 Å². The summed E-state index contributed by atoms with van der Waals surface area (Å²) in [5.41, 5.74) is 4.34. The first-order valence-electron chi connectivity index (χ1n) is 10.7. The molecule has 1 unspecified atom stereocenters. The third-order valence-corrected chi connectivity index (χ3v) is 9.24. The number of ether oxygens (including phenoxy) is 1. The number of hydrogen-bond donors (Lipinski definition) is 0. The lowest BCUT2D eigenvalue weighted by Gasteiger charge is -2.34. The zero-order chi connectivity index (χ0) is 22.4. The van der Waals surface area contributed by atoms with Gasteiger partial charge in [0.15, 0.2) is 0 Å². The molecule has 0 aromatic heterocycles. The fraction of sp³-hybridized carbons (Fsp3) is 0.143. The Bertz CT molecular complexity index is 1190. The largest absolute Gasteiger partial charge is 0.466 e. The normalized spacial score (nSPS) is 18.0. The van der Waals surface area contributed by atoms with E-state index in [-0.39, 0.29) is 12.1 Å².